The number of ether oxygens (including phenoxy) is 1. The molecule has 0 radical (unpaired) electrons. The molecule has 23 heavy (non-hydrogen) atoms. The van der Waals surface area contributed by atoms with Gasteiger partial charge in [0.05, 0.1) is 18.8 Å². The van der Waals surface area contributed by atoms with Crippen LogP contribution in [0.4, 0.5) is 0 Å². The van der Waals surface area contributed by atoms with Crippen LogP contribution < -0.4 is 0 Å². The first kappa shape index (κ1) is 17.7. The minimum Gasteiger partial charge on any atom is -0.389 e. The van der Waals surface area contributed by atoms with Gasteiger partial charge in [0, 0.05) is 32.7 Å². The molecule has 2 saturated carbocycles. The van der Waals surface area contributed by atoms with Crippen molar-refractivity contribution in [3.63, 3.8) is 0 Å². The fourth-order valence-corrected chi connectivity index (χ4v) is 5.52. The van der Waals surface area contributed by atoms with Crippen LogP contribution in [-0.4, -0.2) is 73.0 Å². The van der Waals surface area contributed by atoms with E-state index in [1.54, 1.807) is 0 Å². The van der Waals surface area contributed by atoms with Gasteiger partial charge in [0.15, 0.2) is 0 Å². The van der Waals surface area contributed by atoms with E-state index in [1.165, 1.54) is 19.3 Å². The number of rotatable bonds is 6. The average molecular weight is 325 g/mol. The predicted octanol–water partition coefficient (Wildman–Crippen LogP) is 2.22. The Morgan fingerprint density at radius 2 is 1.78 bits per heavy atom. The summed E-state index contributed by atoms with van der Waals surface area (Å²) in [4.78, 5) is 4.85. The number of nitrogens with zero attached hydrogens (tertiary/aromatic N) is 2. The van der Waals surface area contributed by atoms with Crippen LogP contribution in [-0.2, 0) is 4.74 Å². The van der Waals surface area contributed by atoms with Crippen molar-refractivity contribution in [1.82, 2.24) is 9.80 Å². The van der Waals surface area contributed by atoms with Gasteiger partial charge in [-0.15, -0.1) is 0 Å². The van der Waals surface area contributed by atoms with Crippen LogP contribution >= 0.6 is 0 Å². The van der Waals surface area contributed by atoms with Crippen LogP contribution in [0.1, 0.15) is 47.0 Å². The Bertz CT molecular complexity index is 401. The van der Waals surface area contributed by atoms with Crippen molar-refractivity contribution in [3.8, 4) is 0 Å². The van der Waals surface area contributed by atoms with Crippen LogP contribution in [0.5, 0.6) is 0 Å². The Morgan fingerprint density at radius 1 is 1.13 bits per heavy atom. The minimum absolute atomic E-state index is 0.263. The molecule has 4 atom stereocenters. The fourth-order valence-electron chi connectivity index (χ4n) is 5.52. The van der Waals surface area contributed by atoms with Gasteiger partial charge in [-0.3, -0.25) is 4.90 Å². The van der Waals surface area contributed by atoms with E-state index in [-0.39, 0.29) is 11.5 Å². The molecule has 4 nitrogen and oxygen atoms in total. The molecular weight excluding hydrogens is 288 g/mol. The first-order valence-electron chi connectivity index (χ1n) is 9.59. The fraction of sp³-hybridized carbons (Fsp3) is 1.00. The molecule has 0 aromatic carbocycles. The van der Waals surface area contributed by atoms with E-state index in [1.807, 2.05) is 0 Å². The lowest BCUT2D eigenvalue weighted by Crippen LogP contribution is -2.49. The third-order valence-corrected chi connectivity index (χ3v) is 6.97. The number of hydrogen-bond donors (Lipinski definition) is 1. The maximum atomic E-state index is 10.4. The number of piperazine rings is 1. The lowest BCUT2D eigenvalue weighted by atomic mass is 9.70. The van der Waals surface area contributed by atoms with Crippen LogP contribution in [0.25, 0.3) is 0 Å². The molecule has 2 bridgehead atoms. The van der Waals surface area contributed by atoms with Crippen molar-refractivity contribution in [3.05, 3.63) is 0 Å². The summed E-state index contributed by atoms with van der Waals surface area (Å²) in [5.74, 6) is 0.803. The molecule has 1 saturated heterocycles. The van der Waals surface area contributed by atoms with E-state index in [0.717, 1.165) is 45.2 Å². The lowest BCUT2D eigenvalue weighted by Gasteiger charge is -2.43. The summed E-state index contributed by atoms with van der Waals surface area (Å²) in [5, 5.41) is 10.4. The van der Waals surface area contributed by atoms with Gasteiger partial charge in [-0.2, -0.15) is 0 Å². The molecule has 0 amide bonds. The molecule has 134 valence electrons. The summed E-state index contributed by atoms with van der Waals surface area (Å²) in [5.41, 5.74) is 0.597. The van der Waals surface area contributed by atoms with Gasteiger partial charge in [0.2, 0.25) is 0 Å². The normalized spacial score (nSPS) is 39.0. The van der Waals surface area contributed by atoms with E-state index in [9.17, 15) is 5.11 Å². The molecule has 0 unspecified atom stereocenters. The molecule has 1 N–H and O–H groups in total. The predicted molar refractivity (Wildman–Crippen MR) is 93.5 cm³/mol. The first-order valence-corrected chi connectivity index (χ1v) is 9.59. The van der Waals surface area contributed by atoms with Crippen molar-refractivity contribution in [2.24, 2.45) is 16.7 Å². The standard InChI is InChI=1S/C19H36N2O2/c1-5-20-8-10-21(11-9-20)13-16(22)14-23-17-18(2,3)15-6-7-19(17,4)12-15/h15-17,22H,5-14H2,1-4H3/t15-,16+,17-,19-/m1/s1. The number of fused-ring (bicyclic) bond motifs is 2. The summed E-state index contributed by atoms with van der Waals surface area (Å²) < 4.78 is 6.31. The molecule has 0 aromatic rings. The van der Waals surface area contributed by atoms with E-state index in [2.05, 4.69) is 37.5 Å². The number of aliphatic hydroxyl groups is 1. The third-order valence-electron chi connectivity index (χ3n) is 6.97. The van der Waals surface area contributed by atoms with E-state index in [0.29, 0.717) is 18.1 Å². The Balaban J connectivity index is 1.45. The Morgan fingerprint density at radius 3 is 2.35 bits per heavy atom. The second-order valence-electron chi connectivity index (χ2n) is 9.02. The summed E-state index contributed by atoms with van der Waals surface area (Å²) in [6, 6.07) is 0. The van der Waals surface area contributed by atoms with Crippen molar-refractivity contribution >= 4 is 0 Å². The summed E-state index contributed by atoms with van der Waals surface area (Å²) in [6.45, 7) is 16.1. The average Bonchev–Trinajstić information content (AvgIpc) is 2.98. The maximum absolute atomic E-state index is 10.4. The highest BCUT2D eigenvalue weighted by Gasteiger charge is 2.60. The monoisotopic (exact) mass is 324 g/mol. The number of β-amino-alcohol motifs (C(OH)–C–C–N with tert-alkyl or cyclic N) is 1. The third kappa shape index (κ3) is 3.46. The topological polar surface area (TPSA) is 35.9 Å². The molecule has 1 aliphatic heterocycles. The Hall–Kier alpha value is -0.160. The zero-order valence-corrected chi connectivity index (χ0v) is 15.6. The second-order valence-corrected chi connectivity index (χ2v) is 9.02. The first-order chi connectivity index (χ1) is 10.8. The van der Waals surface area contributed by atoms with E-state index >= 15 is 0 Å². The number of hydrogen-bond acceptors (Lipinski definition) is 4. The smallest absolute Gasteiger partial charge is 0.0900 e. The van der Waals surface area contributed by atoms with Crippen molar-refractivity contribution in [1.29, 1.82) is 0 Å². The molecule has 3 fully saturated rings. The van der Waals surface area contributed by atoms with Crippen LogP contribution in [0, 0.1) is 16.7 Å². The second kappa shape index (κ2) is 6.62. The maximum Gasteiger partial charge on any atom is 0.0900 e. The van der Waals surface area contributed by atoms with Crippen LogP contribution in [0.15, 0.2) is 0 Å². The van der Waals surface area contributed by atoms with Gasteiger partial charge in [0.1, 0.15) is 0 Å². The highest BCUT2D eigenvalue weighted by molar-refractivity contribution is 5.09. The van der Waals surface area contributed by atoms with E-state index in [4.69, 9.17) is 4.74 Å². The number of likely N-dealkylation sites (N-methyl/N-ethyl adjacent to an activating group) is 1. The van der Waals surface area contributed by atoms with Crippen molar-refractivity contribution in [2.45, 2.75) is 59.2 Å². The quantitative estimate of drug-likeness (QED) is 0.813. The zero-order valence-electron chi connectivity index (χ0n) is 15.6. The van der Waals surface area contributed by atoms with E-state index < -0.39 is 0 Å². The molecular formula is C19H36N2O2. The summed E-state index contributed by atoms with van der Waals surface area (Å²) >= 11 is 0. The highest BCUT2D eigenvalue weighted by Crippen LogP contribution is 2.63. The van der Waals surface area contributed by atoms with Crippen LogP contribution in [0.3, 0.4) is 0 Å². The van der Waals surface area contributed by atoms with Crippen molar-refractivity contribution < 1.29 is 9.84 Å². The van der Waals surface area contributed by atoms with Gasteiger partial charge < -0.3 is 14.7 Å². The van der Waals surface area contributed by atoms with Gasteiger partial charge in [-0.05, 0) is 42.6 Å². The summed E-state index contributed by atoms with van der Waals surface area (Å²) in [7, 11) is 0. The molecule has 3 rings (SSSR count). The zero-order chi connectivity index (χ0) is 16.7. The molecule has 0 aromatic heterocycles. The minimum atomic E-state index is -0.360. The highest BCUT2D eigenvalue weighted by atomic mass is 16.5. The molecule has 1 heterocycles. The molecule has 4 heteroatoms. The van der Waals surface area contributed by atoms with Crippen LogP contribution in [0.2, 0.25) is 0 Å². The van der Waals surface area contributed by atoms with Gasteiger partial charge >= 0.3 is 0 Å². The van der Waals surface area contributed by atoms with Gasteiger partial charge in [-0.25, -0.2) is 0 Å². The molecule has 3 aliphatic rings. The lowest BCUT2D eigenvalue weighted by molar-refractivity contribution is -0.114. The SMILES string of the molecule is CCN1CCN(C[C@H](O)CO[C@@H]2C(C)(C)[C@@H]3CC[C@]2(C)C3)CC1. The van der Waals surface area contributed by atoms with Gasteiger partial charge in [0.25, 0.3) is 0 Å². The molecule has 2 aliphatic carbocycles. The van der Waals surface area contributed by atoms with Crippen molar-refractivity contribution in [2.75, 3.05) is 45.9 Å². The molecule has 0 spiro atoms. The Kier molecular flexibility index (Phi) is 5.09. The Labute approximate surface area is 142 Å². The van der Waals surface area contributed by atoms with Gasteiger partial charge in [-0.1, -0.05) is 27.7 Å². The number of aliphatic hydroxyl groups excluding tert-OH is 1. The summed E-state index contributed by atoms with van der Waals surface area (Å²) in [6.07, 6.45) is 3.90. The largest absolute Gasteiger partial charge is 0.389 e.